The molecule has 1 aromatic carbocycles. The molecule has 0 aliphatic carbocycles. The van der Waals surface area contributed by atoms with E-state index >= 15 is 0 Å². The Morgan fingerprint density at radius 2 is 2.00 bits per heavy atom. The summed E-state index contributed by atoms with van der Waals surface area (Å²) in [5.41, 5.74) is 2.17. The average Bonchev–Trinajstić information content (AvgIpc) is 3.06. The van der Waals surface area contributed by atoms with Gasteiger partial charge in [-0.1, -0.05) is 11.3 Å². The van der Waals surface area contributed by atoms with Gasteiger partial charge >= 0.3 is 0 Å². The fourth-order valence-electron chi connectivity index (χ4n) is 3.11. The number of nitrogens with zero attached hydrogens (tertiary/aromatic N) is 4. The van der Waals surface area contributed by atoms with Gasteiger partial charge in [0.05, 0.1) is 24.5 Å². The minimum absolute atomic E-state index is 0.0150. The summed E-state index contributed by atoms with van der Waals surface area (Å²) < 4.78 is 7.23. The second-order valence-electron chi connectivity index (χ2n) is 7.75. The van der Waals surface area contributed by atoms with Gasteiger partial charge in [0.25, 0.3) is 0 Å². The molecule has 0 unspecified atom stereocenters. The minimum Gasteiger partial charge on any atom is -0.497 e. The predicted molar refractivity (Wildman–Crippen MR) is 99.9 cm³/mol. The van der Waals surface area contributed by atoms with Crippen molar-refractivity contribution in [2.24, 2.45) is 0 Å². The van der Waals surface area contributed by atoms with Gasteiger partial charge in [0.15, 0.2) is 0 Å². The molecule has 1 saturated heterocycles. The lowest BCUT2D eigenvalue weighted by Crippen LogP contribution is -2.38. The number of hydrogen-bond donors (Lipinski definition) is 1. The lowest BCUT2D eigenvalue weighted by molar-refractivity contribution is 0.209. The molecule has 6 nitrogen and oxygen atoms in total. The Balaban J connectivity index is 1.49. The normalized spacial score (nSPS) is 16.8. The predicted octanol–water partition coefficient (Wildman–Crippen LogP) is 3.12. The Bertz CT molecular complexity index is 683. The van der Waals surface area contributed by atoms with Crippen molar-refractivity contribution >= 4 is 5.69 Å². The Hall–Kier alpha value is -2.08. The highest BCUT2D eigenvalue weighted by molar-refractivity contribution is 5.48. The van der Waals surface area contributed by atoms with E-state index in [1.54, 1.807) is 7.11 Å². The number of methoxy groups -OCH3 is 1. The summed E-state index contributed by atoms with van der Waals surface area (Å²) in [7, 11) is 1.70. The van der Waals surface area contributed by atoms with Crippen LogP contribution < -0.4 is 10.1 Å². The first kappa shape index (κ1) is 17.7. The van der Waals surface area contributed by atoms with Gasteiger partial charge in [0.1, 0.15) is 5.75 Å². The number of likely N-dealkylation sites (tertiary alicyclic amines) is 1. The molecule has 0 radical (unpaired) electrons. The first-order chi connectivity index (χ1) is 11.9. The number of anilines is 1. The van der Waals surface area contributed by atoms with Crippen LogP contribution in [0.4, 0.5) is 5.69 Å². The summed E-state index contributed by atoms with van der Waals surface area (Å²) in [5, 5.41) is 12.2. The van der Waals surface area contributed by atoms with E-state index in [1.807, 2.05) is 16.8 Å². The smallest absolute Gasteiger partial charge is 0.120 e. The number of aromatic nitrogens is 3. The second-order valence-corrected chi connectivity index (χ2v) is 7.75. The molecule has 0 amide bonds. The monoisotopic (exact) mass is 343 g/mol. The van der Waals surface area contributed by atoms with Crippen molar-refractivity contribution in [3.05, 3.63) is 36.2 Å². The largest absolute Gasteiger partial charge is 0.497 e. The van der Waals surface area contributed by atoms with Crippen LogP contribution in [0.25, 0.3) is 0 Å². The van der Waals surface area contributed by atoms with Gasteiger partial charge in [0, 0.05) is 37.4 Å². The van der Waals surface area contributed by atoms with E-state index in [-0.39, 0.29) is 5.54 Å². The first-order valence-corrected chi connectivity index (χ1v) is 8.99. The Morgan fingerprint density at radius 1 is 1.24 bits per heavy atom. The van der Waals surface area contributed by atoms with Gasteiger partial charge in [0.2, 0.25) is 0 Å². The molecule has 0 bridgehead atoms. The molecular formula is C19H29N5O. The van der Waals surface area contributed by atoms with Crippen LogP contribution in [0.3, 0.4) is 0 Å². The molecule has 136 valence electrons. The van der Waals surface area contributed by atoms with E-state index in [0.717, 1.165) is 49.6 Å². The van der Waals surface area contributed by atoms with Crippen molar-refractivity contribution in [2.75, 3.05) is 25.5 Å². The van der Waals surface area contributed by atoms with Crippen molar-refractivity contribution in [3.8, 4) is 5.75 Å². The third-order valence-corrected chi connectivity index (χ3v) is 4.64. The summed E-state index contributed by atoms with van der Waals surface area (Å²) in [6.07, 6.45) is 4.33. The van der Waals surface area contributed by atoms with Crippen molar-refractivity contribution in [1.29, 1.82) is 0 Å². The summed E-state index contributed by atoms with van der Waals surface area (Å²) in [5.74, 6) is 0.893. The van der Waals surface area contributed by atoms with Gasteiger partial charge in [-0.05, 0) is 45.7 Å². The molecule has 1 N–H and O–H groups in total. The molecule has 0 atom stereocenters. The zero-order chi connectivity index (χ0) is 17.9. The van der Waals surface area contributed by atoms with E-state index in [2.05, 4.69) is 59.6 Å². The molecule has 6 heteroatoms. The highest BCUT2D eigenvalue weighted by Gasteiger charge is 2.21. The average molecular weight is 343 g/mol. The summed E-state index contributed by atoms with van der Waals surface area (Å²) >= 11 is 0. The highest BCUT2D eigenvalue weighted by Crippen LogP contribution is 2.21. The fourth-order valence-corrected chi connectivity index (χ4v) is 3.11. The van der Waals surface area contributed by atoms with Crippen molar-refractivity contribution in [1.82, 2.24) is 19.9 Å². The lowest BCUT2D eigenvalue weighted by atomic mass is 10.0. The molecule has 0 spiro atoms. The van der Waals surface area contributed by atoms with E-state index in [1.165, 1.54) is 0 Å². The maximum Gasteiger partial charge on any atom is 0.120 e. The van der Waals surface area contributed by atoms with E-state index in [9.17, 15) is 0 Å². The molecule has 0 saturated carbocycles. The topological polar surface area (TPSA) is 55.2 Å². The maximum absolute atomic E-state index is 5.29. The van der Waals surface area contributed by atoms with Crippen LogP contribution in [-0.4, -0.2) is 46.1 Å². The standard InChI is InChI=1S/C19H29N5O/c1-19(2,3)24-14-17(21-22-24)13-23-10-8-15(9-11-23)20-16-6-5-7-18(12-16)25-4/h5-7,12,14-15,20H,8-11,13H2,1-4H3. The Kier molecular flexibility index (Phi) is 5.27. The Morgan fingerprint density at radius 3 is 2.64 bits per heavy atom. The second kappa shape index (κ2) is 7.44. The zero-order valence-electron chi connectivity index (χ0n) is 15.7. The molecular weight excluding hydrogens is 314 g/mol. The minimum atomic E-state index is -0.0150. The van der Waals surface area contributed by atoms with E-state index in [0.29, 0.717) is 6.04 Å². The summed E-state index contributed by atoms with van der Waals surface area (Å²) in [6.45, 7) is 9.44. The van der Waals surface area contributed by atoms with Gasteiger partial charge in [-0.25, -0.2) is 4.68 Å². The number of hydrogen-bond acceptors (Lipinski definition) is 5. The first-order valence-electron chi connectivity index (χ1n) is 8.99. The van der Waals surface area contributed by atoms with Crippen LogP contribution >= 0.6 is 0 Å². The Labute approximate surface area is 150 Å². The highest BCUT2D eigenvalue weighted by atomic mass is 16.5. The lowest BCUT2D eigenvalue weighted by Gasteiger charge is -2.32. The van der Waals surface area contributed by atoms with Crippen LogP contribution in [0.5, 0.6) is 5.75 Å². The fraction of sp³-hybridized carbons (Fsp3) is 0.579. The van der Waals surface area contributed by atoms with Gasteiger partial charge in [-0.3, -0.25) is 4.90 Å². The molecule has 2 aromatic rings. The zero-order valence-corrected chi connectivity index (χ0v) is 15.7. The number of ether oxygens (including phenoxy) is 1. The van der Waals surface area contributed by atoms with Crippen LogP contribution in [0.1, 0.15) is 39.3 Å². The molecule has 1 aliphatic rings. The van der Waals surface area contributed by atoms with E-state index in [4.69, 9.17) is 4.74 Å². The van der Waals surface area contributed by atoms with Crippen molar-refractivity contribution in [3.63, 3.8) is 0 Å². The molecule has 25 heavy (non-hydrogen) atoms. The number of benzene rings is 1. The van der Waals surface area contributed by atoms with Crippen LogP contribution in [0.15, 0.2) is 30.5 Å². The maximum atomic E-state index is 5.29. The van der Waals surface area contributed by atoms with Crippen LogP contribution in [-0.2, 0) is 12.1 Å². The summed E-state index contributed by atoms with van der Waals surface area (Å²) in [4.78, 5) is 2.46. The SMILES string of the molecule is COc1cccc(NC2CCN(Cc3cn(C(C)(C)C)nn3)CC2)c1. The van der Waals surface area contributed by atoms with Crippen molar-refractivity contribution < 1.29 is 4.74 Å². The van der Waals surface area contributed by atoms with Crippen LogP contribution in [0.2, 0.25) is 0 Å². The number of nitrogens with one attached hydrogen (secondary N) is 1. The van der Waals surface area contributed by atoms with Gasteiger partial charge < -0.3 is 10.1 Å². The third-order valence-electron chi connectivity index (χ3n) is 4.64. The third kappa shape index (κ3) is 4.72. The molecule has 3 rings (SSSR count). The molecule has 1 aliphatic heterocycles. The number of piperidine rings is 1. The van der Waals surface area contributed by atoms with Crippen LogP contribution in [0, 0.1) is 0 Å². The summed E-state index contributed by atoms with van der Waals surface area (Å²) in [6, 6.07) is 8.65. The molecule has 1 fully saturated rings. The molecule has 2 heterocycles. The molecule has 1 aromatic heterocycles. The van der Waals surface area contributed by atoms with Crippen molar-refractivity contribution in [2.45, 2.75) is 51.7 Å². The van der Waals surface area contributed by atoms with Gasteiger partial charge in [-0.2, -0.15) is 0 Å². The van der Waals surface area contributed by atoms with E-state index < -0.39 is 0 Å². The number of rotatable bonds is 5. The van der Waals surface area contributed by atoms with Gasteiger partial charge in [-0.15, -0.1) is 5.10 Å². The quantitative estimate of drug-likeness (QED) is 0.904.